The van der Waals surface area contributed by atoms with Crippen LogP contribution in [0, 0.1) is 5.92 Å². The Bertz CT molecular complexity index is 690. The number of carbonyl (C=O) groups excluding carboxylic acids is 1. The van der Waals surface area contributed by atoms with Gasteiger partial charge in [-0.1, -0.05) is 17.8 Å². The summed E-state index contributed by atoms with van der Waals surface area (Å²) < 4.78 is 0. The molecule has 2 unspecified atom stereocenters. The van der Waals surface area contributed by atoms with Crippen LogP contribution in [-0.2, 0) is 9.59 Å². The van der Waals surface area contributed by atoms with Gasteiger partial charge in [0.05, 0.1) is 12.0 Å². The van der Waals surface area contributed by atoms with Crippen LogP contribution in [0.4, 0.5) is 0 Å². The smallest absolute Gasteiger partial charge is 0.353 e. The first-order valence-corrected chi connectivity index (χ1v) is 8.55. The van der Waals surface area contributed by atoms with E-state index in [0.29, 0.717) is 4.91 Å². The van der Waals surface area contributed by atoms with Gasteiger partial charge in [0.2, 0.25) is 5.91 Å². The molecule has 3 atom stereocenters. The Morgan fingerprint density at radius 1 is 1.50 bits per heavy atom. The first-order chi connectivity index (χ1) is 10.4. The lowest BCUT2D eigenvalue weighted by Crippen LogP contribution is -2.60. The van der Waals surface area contributed by atoms with Crippen LogP contribution in [0.2, 0.25) is 0 Å². The number of allylic oxidation sites excluding steroid dienone is 2. The number of thiophene rings is 1. The number of nitrogens with zero attached hydrogens (tertiary/aromatic N) is 1. The number of thioether (sulfide) groups is 1. The Hall–Kier alpha value is -1.57. The zero-order valence-corrected chi connectivity index (χ0v) is 13.6. The molecule has 0 bridgehead atoms. The van der Waals surface area contributed by atoms with E-state index in [9.17, 15) is 19.8 Å². The highest BCUT2D eigenvalue weighted by atomic mass is 32.2. The average Bonchev–Trinajstić information content (AvgIpc) is 3.04. The van der Waals surface area contributed by atoms with Crippen molar-refractivity contribution in [3.8, 4) is 0 Å². The number of aliphatic hydroxyl groups excluding tert-OH is 1. The van der Waals surface area contributed by atoms with Gasteiger partial charge < -0.3 is 10.2 Å². The molecule has 3 heterocycles. The summed E-state index contributed by atoms with van der Waals surface area (Å²) in [6, 6.07) is 3.90. The molecule has 7 heteroatoms. The van der Waals surface area contributed by atoms with Crippen LogP contribution < -0.4 is 0 Å². The molecule has 1 aromatic heterocycles. The van der Waals surface area contributed by atoms with E-state index in [0.717, 1.165) is 10.5 Å². The summed E-state index contributed by atoms with van der Waals surface area (Å²) >= 11 is 2.91. The molecule has 0 saturated carbocycles. The number of carbonyl (C=O) groups is 2. The van der Waals surface area contributed by atoms with Crippen molar-refractivity contribution in [2.24, 2.45) is 5.92 Å². The zero-order valence-electron chi connectivity index (χ0n) is 12.0. The van der Waals surface area contributed by atoms with E-state index in [4.69, 9.17) is 0 Å². The van der Waals surface area contributed by atoms with Gasteiger partial charge in [-0.3, -0.25) is 9.69 Å². The molecule has 116 valence electrons. The van der Waals surface area contributed by atoms with Crippen molar-refractivity contribution in [3.63, 3.8) is 0 Å². The highest BCUT2D eigenvalue weighted by Gasteiger charge is 2.57. The first-order valence-electron chi connectivity index (χ1n) is 6.79. The lowest BCUT2D eigenvalue weighted by atomic mass is 9.92. The quantitative estimate of drug-likeness (QED) is 0.825. The Kier molecular flexibility index (Phi) is 3.88. The van der Waals surface area contributed by atoms with E-state index in [1.54, 1.807) is 18.3 Å². The zero-order chi connectivity index (χ0) is 16.0. The van der Waals surface area contributed by atoms with E-state index in [-0.39, 0.29) is 17.0 Å². The Morgan fingerprint density at radius 3 is 2.77 bits per heavy atom. The molecule has 0 spiro atoms. The highest BCUT2D eigenvalue weighted by Crippen LogP contribution is 2.51. The predicted octanol–water partition coefficient (Wildman–Crippen LogP) is 2.36. The molecule has 1 aromatic rings. The van der Waals surface area contributed by atoms with Gasteiger partial charge in [-0.15, -0.1) is 11.3 Å². The summed E-state index contributed by atoms with van der Waals surface area (Å²) in [4.78, 5) is 26.6. The number of carboxylic acid groups (broad SMARTS) is 1. The highest BCUT2D eigenvalue weighted by molar-refractivity contribution is 8.04. The molecule has 1 amide bonds. The molecule has 3 rings (SSSR count). The van der Waals surface area contributed by atoms with Crippen molar-refractivity contribution in [2.75, 3.05) is 0 Å². The summed E-state index contributed by atoms with van der Waals surface area (Å²) in [5, 5.41) is 20.8. The van der Waals surface area contributed by atoms with Crippen molar-refractivity contribution >= 4 is 40.5 Å². The van der Waals surface area contributed by atoms with E-state index in [2.05, 4.69) is 0 Å². The number of carboxylic acids is 1. The maximum atomic E-state index is 12.1. The fourth-order valence-corrected chi connectivity index (χ4v) is 4.99. The Labute approximate surface area is 135 Å². The number of β-lactam (4-membered cyclic amide) rings is 1. The van der Waals surface area contributed by atoms with Crippen LogP contribution in [-0.4, -0.2) is 38.5 Å². The molecule has 0 aliphatic carbocycles. The minimum Gasteiger partial charge on any atom is -0.477 e. The van der Waals surface area contributed by atoms with E-state index in [1.807, 2.05) is 30.5 Å². The molecule has 22 heavy (non-hydrogen) atoms. The largest absolute Gasteiger partial charge is 0.477 e. The number of hydrogen-bond donors (Lipinski definition) is 2. The molecular weight excluding hydrogens is 322 g/mol. The number of amides is 1. The van der Waals surface area contributed by atoms with Crippen LogP contribution >= 0.6 is 23.1 Å². The third-order valence-corrected chi connectivity index (χ3v) is 6.10. The molecule has 2 aliphatic rings. The molecule has 2 aliphatic heterocycles. The summed E-state index contributed by atoms with van der Waals surface area (Å²) in [5.74, 6) is -1.97. The molecule has 0 radical (unpaired) electrons. The van der Waals surface area contributed by atoms with Gasteiger partial charge in [0.15, 0.2) is 0 Å². The monoisotopic (exact) mass is 337 g/mol. The third kappa shape index (κ3) is 2.29. The lowest BCUT2D eigenvalue weighted by molar-refractivity contribution is -0.156. The van der Waals surface area contributed by atoms with Gasteiger partial charge in [-0.25, -0.2) is 4.79 Å². The van der Waals surface area contributed by atoms with Crippen LogP contribution in [0.5, 0.6) is 0 Å². The molecule has 2 N–H and O–H groups in total. The molecule has 1 saturated heterocycles. The minimum absolute atomic E-state index is 0.0211. The number of aliphatic hydroxyl groups is 1. The van der Waals surface area contributed by atoms with Crippen LogP contribution in [0.15, 0.2) is 34.2 Å². The topological polar surface area (TPSA) is 77.8 Å². The second kappa shape index (κ2) is 5.57. The second-order valence-corrected chi connectivity index (χ2v) is 7.41. The molecule has 5 nitrogen and oxygen atoms in total. The standard InChI is InChI=1S/C15H15NO4S2/c1-7(9-4-3-5-21-9)6-10-12(15(19)20)16-13(18)11(8(2)17)14(16)22-10/h3-6,8,11,14,17H,1-2H3,(H,19,20)/b7-6+/t8?,11?,14-/m1/s1. The summed E-state index contributed by atoms with van der Waals surface area (Å²) in [6.07, 6.45) is 1.03. The number of rotatable bonds is 4. The van der Waals surface area contributed by atoms with Gasteiger partial charge in [0.25, 0.3) is 0 Å². The van der Waals surface area contributed by atoms with Crippen LogP contribution in [0.3, 0.4) is 0 Å². The normalized spacial score (nSPS) is 26.0. The lowest BCUT2D eigenvalue weighted by Gasteiger charge is -2.43. The molecule has 0 aromatic carbocycles. The van der Waals surface area contributed by atoms with E-state index in [1.165, 1.54) is 16.7 Å². The number of fused-ring (bicyclic) bond motifs is 1. The molecular formula is C15H15NO4S2. The maximum absolute atomic E-state index is 12.1. The van der Waals surface area contributed by atoms with Crippen molar-refractivity contribution < 1.29 is 19.8 Å². The molecule has 1 fully saturated rings. The number of hydrogen-bond acceptors (Lipinski definition) is 5. The second-order valence-electron chi connectivity index (χ2n) is 5.31. The van der Waals surface area contributed by atoms with Crippen molar-refractivity contribution in [3.05, 3.63) is 39.1 Å². The van der Waals surface area contributed by atoms with Crippen molar-refractivity contribution in [1.82, 2.24) is 4.90 Å². The van der Waals surface area contributed by atoms with Gasteiger partial charge in [-0.05, 0) is 36.9 Å². The first kappa shape index (κ1) is 15.3. The fraction of sp³-hybridized carbons (Fsp3) is 0.333. The Morgan fingerprint density at radius 2 is 2.23 bits per heavy atom. The van der Waals surface area contributed by atoms with Gasteiger partial charge in [0, 0.05) is 9.78 Å². The van der Waals surface area contributed by atoms with E-state index < -0.39 is 18.0 Å². The third-order valence-electron chi connectivity index (χ3n) is 3.79. The van der Waals surface area contributed by atoms with Crippen LogP contribution in [0.25, 0.3) is 5.57 Å². The predicted molar refractivity (Wildman–Crippen MR) is 86.0 cm³/mol. The van der Waals surface area contributed by atoms with Crippen molar-refractivity contribution in [1.29, 1.82) is 0 Å². The fourth-order valence-electron chi connectivity index (χ4n) is 2.68. The van der Waals surface area contributed by atoms with Gasteiger partial charge in [-0.2, -0.15) is 0 Å². The number of aliphatic carboxylic acids is 1. The van der Waals surface area contributed by atoms with Gasteiger partial charge >= 0.3 is 5.97 Å². The maximum Gasteiger partial charge on any atom is 0.353 e. The Balaban J connectivity index is 1.96. The minimum atomic E-state index is -1.11. The van der Waals surface area contributed by atoms with Crippen molar-refractivity contribution in [2.45, 2.75) is 25.3 Å². The summed E-state index contributed by atoms with van der Waals surface area (Å²) in [5.41, 5.74) is 0.979. The van der Waals surface area contributed by atoms with E-state index >= 15 is 0 Å². The van der Waals surface area contributed by atoms with Gasteiger partial charge in [0.1, 0.15) is 11.1 Å². The average molecular weight is 337 g/mol. The summed E-state index contributed by atoms with van der Waals surface area (Å²) in [6.45, 7) is 3.48. The van der Waals surface area contributed by atoms with Crippen LogP contribution in [0.1, 0.15) is 18.7 Å². The summed E-state index contributed by atoms with van der Waals surface area (Å²) in [7, 11) is 0. The SMILES string of the molecule is C/C(=C\C1=C(C(=O)O)N2C(=O)C(C(C)O)[C@H]2S1)c1cccs1.